The average molecular weight is 738 g/mol. The van der Waals surface area contributed by atoms with E-state index < -0.39 is 39.7 Å². The van der Waals surface area contributed by atoms with Gasteiger partial charge in [0.2, 0.25) is 6.41 Å². The number of aromatic amines is 1. The van der Waals surface area contributed by atoms with Gasteiger partial charge in [0.05, 0.1) is 11.6 Å². The smallest absolute Gasteiger partial charge is 0.373 e. The quantitative estimate of drug-likeness (QED) is 0.151. The predicted molar refractivity (Wildman–Crippen MR) is 205 cm³/mol. The summed E-state index contributed by atoms with van der Waals surface area (Å²) in [5.74, 6) is 0.303. The number of hydrogen-bond acceptors (Lipinski definition) is 9. The van der Waals surface area contributed by atoms with Crippen molar-refractivity contribution in [3.05, 3.63) is 76.5 Å². The molecular formula is C43H55N5O6. The first-order chi connectivity index (χ1) is 25.8. The highest BCUT2D eigenvalue weighted by molar-refractivity contribution is 5.86. The molecule has 1 amide bonds. The summed E-state index contributed by atoms with van der Waals surface area (Å²) in [6, 6.07) is 12.8. The van der Waals surface area contributed by atoms with Crippen LogP contribution < -0.4 is 10.2 Å². The van der Waals surface area contributed by atoms with E-state index >= 15 is 0 Å². The Morgan fingerprint density at radius 1 is 1.04 bits per heavy atom. The molecule has 6 aliphatic rings. The first-order valence-electron chi connectivity index (χ1n) is 19.8. The van der Waals surface area contributed by atoms with Crippen molar-refractivity contribution in [1.82, 2.24) is 20.1 Å². The Hall–Kier alpha value is -3.83. The Bertz CT molecular complexity index is 2040. The summed E-state index contributed by atoms with van der Waals surface area (Å²) in [6.45, 7) is 13.1. The zero-order chi connectivity index (χ0) is 38.4. The van der Waals surface area contributed by atoms with Gasteiger partial charge in [0.25, 0.3) is 0 Å². The highest BCUT2D eigenvalue weighted by Crippen LogP contribution is 2.67. The molecule has 1 saturated carbocycles. The van der Waals surface area contributed by atoms with E-state index in [9.17, 15) is 20.1 Å². The van der Waals surface area contributed by atoms with E-state index in [0.29, 0.717) is 18.7 Å². The second kappa shape index (κ2) is 12.9. The van der Waals surface area contributed by atoms with Gasteiger partial charge in [-0.15, -0.1) is 0 Å². The molecule has 10 atom stereocenters. The van der Waals surface area contributed by atoms with Crippen molar-refractivity contribution in [2.75, 3.05) is 44.7 Å². The van der Waals surface area contributed by atoms with Gasteiger partial charge < -0.3 is 30.5 Å². The summed E-state index contributed by atoms with van der Waals surface area (Å²) in [6.07, 6.45) is 8.69. The zero-order valence-electron chi connectivity index (χ0n) is 32.2. The summed E-state index contributed by atoms with van der Waals surface area (Å²) >= 11 is 0. The SMILES string of the molecule is CC[C@]1(O)C[C@@H]2CN(CCc3c([nH]c4ccccc34)[C@@](C)(c3ccc4c(c3C)N(C)[C@H]3[C@@](O)(NC=O)[C@H](O)[C@]5(CC)C=CCN6CC[C@]43[C@@H]65)C2)C1.O=C=O. The van der Waals surface area contributed by atoms with Gasteiger partial charge in [-0.05, 0) is 93.2 Å². The number of aliphatic hydroxyl groups is 3. The van der Waals surface area contributed by atoms with E-state index in [-0.39, 0.29) is 12.2 Å². The first-order valence-corrected chi connectivity index (χ1v) is 19.8. The number of benzene rings is 2. The third kappa shape index (κ3) is 4.82. The number of amides is 1. The number of likely N-dealkylation sites (N-methyl/N-ethyl adjacent to an activating group) is 1. The molecule has 5 N–H and O–H groups in total. The topological polar surface area (TPSA) is 149 Å². The summed E-state index contributed by atoms with van der Waals surface area (Å²) in [5.41, 5.74) is 4.34. The number of carbonyl (C=O) groups excluding carboxylic acids is 3. The molecule has 1 aromatic heterocycles. The minimum absolute atomic E-state index is 0.0246. The third-order valence-electron chi connectivity index (χ3n) is 15.0. The second-order valence-electron chi connectivity index (χ2n) is 17.5. The number of anilines is 1. The van der Waals surface area contributed by atoms with Crippen LogP contribution in [0.4, 0.5) is 5.69 Å². The lowest BCUT2D eigenvalue weighted by Crippen LogP contribution is -2.82. The number of hydrogen-bond donors (Lipinski definition) is 5. The van der Waals surface area contributed by atoms with Crippen LogP contribution >= 0.6 is 0 Å². The number of rotatable bonds is 5. The molecule has 11 heteroatoms. The van der Waals surface area contributed by atoms with E-state index in [4.69, 9.17) is 9.59 Å². The molecule has 0 radical (unpaired) electrons. The molecule has 9 rings (SSSR count). The summed E-state index contributed by atoms with van der Waals surface area (Å²) in [7, 11) is 2.06. The molecule has 3 aromatic rings. The van der Waals surface area contributed by atoms with Crippen LogP contribution in [0.2, 0.25) is 0 Å². The van der Waals surface area contributed by atoms with Crippen molar-refractivity contribution in [2.45, 2.75) is 107 Å². The van der Waals surface area contributed by atoms with Crippen molar-refractivity contribution in [1.29, 1.82) is 0 Å². The maximum Gasteiger partial charge on any atom is 0.373 e. The molecule has 1 spiro atoms. The monoisotopic (exact) mass is 737 g/mol. The van der Waals surface area contributed by atoms with Gasteiger partial charge in [-0.1, -0.05) is 56.3 Å². The highest BCUT2D eigenvalue weighted by atomic mass is 16.4. The van der Waals surface area contributed by atoms with Gasteiger partial charge in [0, 0.05) is 77.8 Å². The average Bonchev–Trinajstić information content (AvgIpc) is 3.81. The molecule has 6 heterocycles. The number of para-hydroxylation sites is 1. The van der Waals surface area contributed by atoms with Crippen molar-refractivity contribution < 1.29 is 29.7 Å². The number of nitrogens with one attached hydrogen (secondary N) is 2. The van der Waals surface area contributed by atoms with Gasteiger partial charge >= 0.3 is 6.15 Å². The number of fused-ring (bicyclic) bond motifs is 6. The number of aliphatic hydroxyl groups excluding tert-OH is 1. The predicted octanol–water partition coefficient (Wildman–Crippen LogP) is 3.51. The van der Waals surface area contributed by atoms with Crippen LogP contribution in [0.25, 0.3) is 10.9 Å². The molecule has 2 saturated heterocycles. The lowest BCUT2D eigenvalue weighted by Gasteiger charge is -2.63. The number of piperidine rings is 1. The van der Waals surface area contributed by atoms with Gasteiger partial charge in [-0.2, -0.15) is 9.59 Å². The van der Waals surface area contributed by atoms with Crippen molar-refractivity contribution in [3.8, 4) is 0 Å². The van der Waals surface area contributed by atoms with Gasteiger partial charge in [-0.25, -0.2) is 0 Å². The van der Waals surface area contributed by atoms with E-state index in [1.165, 1.54) is 33.3 Å². The Morgan fingerprint density at radius 2 is 1.78 bits per heavy atom. The van der Waals surface area contributed by atoms with E-state index in [1.807, 2.05) is 0 Å². The largest absolute Gasteiger partial charge is 0.389 e. The van der Waals surface area contributed by atoms with Gasteiger partial charge in [0.15, 0.2) is 5.72 Å². The highest BCUT2D eigenvalue weighted by Gasteiger charge is 2.77. The maximum absolute atomic E-state index is 12.7. The number of H-pyrrole nitrogens is 1. The molecule has 288 valence electrons. The Labute approximate surface area is 317 Å². The van der Waals surface area contributed by atoms with Crippen molar-refractivity contribution in [2.24, 2.45) is 11.3 Å². The maximum atomic E-state index is 12.7. The van der Waals surface area contributed by atoms with Crippen molar-refractivity contribution in [3.63, 3.8) is 0 Å². The summed E-state index contributed by atoms with van der Waals surface area (Å²) in [4.78, 5) is 39.7. The van der Waals surface area contributed by atoms with Crippen LogP contribution in [0.15, 0.2) is 48.6 Å². The molecule has 2 aromatic carbocycles. The number of carbonyl (C=O) groups is 1. The number of nitrogens with zero attached hydrogens (tertiary/aromatic N) is 3. The fourth-order valence-corrected chi connectivity index (χ4v) is 13.2. The molecule has 11 nitrogen and oxygen atoms in total. The standard InChI is InChI=1S/C42H55N5O4.CO2/c1-6-39(50)22-27-21-38(4,34-29(15-19-46(23-27)24-39)28-11-8-9-12-32(28)44-34)30-13-14-31-33(26(30)3)45(5)36-41(31)17-20-47-18-10-16-40(7-2,35(41)47)37(49)42(36,51)43-25-48;2-1-3/h8-14,16,25,27,35-37,44,49-51H,6-7,15,17-24H2,1-5H3,(H,43,48);/t27-,35+,36-,37-,38-,39+,40-,41-,42+;/m1./s1. The molecule has 2 bridgehead atoms. The van der Waals surface area contributed by atoms with E-state index in [2.05, 4.69) is 108 Å². The fourth-order valence-electron chi connectivity index (χ4n) is 13.2. The van der Waals surface area contributed by atoms with E-state index in [0.717, 1.165) is 76.0 Å². The van der Waals surface area contributed by atoms with Crippen LogP contribution in [0, 0.1) is 18.3 Å². The molecule has 1 unspecified atom stereocenters. The van der Waals surface area contributed by atoms with Crippen LogP contribution in [-0.4, -0.2) is 112 Å². The number of aromatic nitrogens is 1. The molecule has 1 aliphatic carbocycles. The van der Waals surface area contributed by atoms with Crippen LogP contribution in [0.3, 0.4) is 0 Å². The fraction of sp³-hybridized carbons (Fsp3) is 0.581. The Balaban J connectivity index is 0.00000134. The Kier molecular flexibility index (Phi) is 8.84. The summed E-state index contributed by atoms with van der Waals surface area (Å²) in [5, 5.41) is 40.9. The van der Waals surface area contributed by atoms with Gasteiger partial charge in [0.1, 0.15) is 6.10 Å². The Morgan fingerprint density at radius 3 is 2.50 bits per heavy atom. The van der Waals surface area contributed by atoms with Crippen LogP contribution in [0.5, 0.6) is 0 Å². The normalized spacial score (nSPS) is 39.1. The summed E-state index contributed by atoms with van der Waals surface area (Å²) < 4.78 is 0. The molecule has 54 heavy (non-hydrogen) atoms. The van der Waals surface area contributed by atoms with Crippen molar-refractivity contribution >= 4 is 29.2 Å². The lowest BCUT2D eigenvalue weighted by atomic mass is 9.49. The van der Waals surface area contributed by atoms with Crippen LogP contribution in [0.1, 0.15) is 80.8 Å². The molecular weight excluding hydrogens is 683 g/mol. The molecule has 5 aliphatic heterocycles. The van der Waals surface area contributed by atoms with Crippen LogP contribution in [-0.2, 0) is 31.6 Å². The zero-order valence-corrected chi connectivity index (χ0v) is 32.2. The third-order valence-corrected chi connectivity index (χ3v) is 15.0. The lowest BCUT2D eigenvalue weighted by molar-refractivity contribution is -0.211. The first kappa shape index (κ1) is 37.1. The second-order valence-corrected chi connectivity index (χ2v) is 17.5. The minimum atomic E-state index is -1.87. The molecule has 3 fully saturated rings. The van der Waals surface area contributed by atoms with Gasteiger partial charge in [-0.3, -0.25) is 14.6 Å². The van der Waals surface area contributed by atoms with E-state index in [1.54, 1.807) is 0 Å². The minimum Gasteiger partial charge on any atom is -0.389 e.